The molecule has 144 valence electrons. The summed E-state index contributed by atoms with van der Waals surface area (Å²) in [4.78, 5) is 24.8. The smallest absolute Gasteiger partial charge is 0.312 e. The molecule has 4 bridgehead atoms. The van der Waals surface area contributed by atoms with Gasteiger partial charge in [0.05, 0.1) is 11.0 Å². The Balaban J connectivity index is 1.24. The molecule has 5 nitrogen and oxygen atoms in total. The molecule has 1 amide bonds. The first kappa shape index (κ1) is 18.0. The van der Waals surface area contributed by atoms with Crippen LogP contribution in [0.25, 0.3) is 0 Å². The molecule has 5 aliphatic rings. The van der Waals surface area contributed by atoms with Gasteiger partial charge in [0.25, 0.3) is 5.91 Å². The molecule has 4 atom stereocenters. The molecule has 26 heavy (non-hydrogen) atoms. The number of carbonyl (C=O) groups is 2. The Morgan fingerprint density at radius 2 is 1.96 bits per heavy atom. The van der Waals surface area contributed by atoms with E-state index in [1.807, 2.05) is 0 Å². The minimum Gasteiger partial charge on any atom is -0.455 e. The first-order valence-corrected chi connectivity index (χ1v) is 10.3. The van der Waals surface area contributed by atoms with E-state index in [0.29, 0.717) is 24.8 Å². The number of hydrogen-bond donors (Lipinski definition) is 2. The van der Waals surface area contributed by atoms with Crippen LogP contribution in [0.2, 0.25) is 0 Å². The molecule has 4 fully saturated rings. The number of rotatable bonds is 6. The van der Waals surface area contributed by atoms with Crippen molar-refractivity contribution in [2.45, 2.75) is 76.2 Å². The topological polar surface area (TPSA) is 75.6 Å². The van der Waals surface area contributed by atoms with Gasteiger partial charge in [-0.3, -0.25) is 9.59 Å². The van der Waals surface area contributed by atoms with Crippen LogP contribution in [0.1, 0.15) is 70.6 Å². The molecule has 2 N–H and O–H groups in total. The number of allylic oxidation sites excluding steroid dienone is 1. The maximum Gasteiger partial charge on any atom is 0.312 e. The highest BCUT2D eigenvalue weighted by Crippen LogP contribution is 2.61. The molecule has 2 unspecified atom stereocenters. The van der Waals surface area contributed by atoms with Crippen LogP contribution in [0.4, 0.5) is 0 Å². The number of amides is 1. The molecule has 0 aliphatic heterocycles. The third-order valence-electron chi connectivity index (χ3n) is 6.95. The van der Waals surface area contributed by atoms with Gasteiger partial charge in [0.15, 0.2) is 6.61 Å². The van der Waals surface area contributed by atoms with Crippen LogP contribution in [-0.2, 0) is 14.3 Å². The summed E-state index contributed by atoms with van der Waals surface area (Å²) in [6.45, 7) is 0.407. The van der Waals surface area contributed by atoms with Crippen molar-refractivity contribution in [3.8, 4) is 0 Å². The lowest BCUT2D eigenvalue weighted by Gasteiger charge is -2.58. The summed E-state index contributed by atoms with van der Waals surface area (Å²) >= 11 is 0. The van der Waals surface area contributed by atoms with Crippen LogP contribution in [0, 0.1) is 17.3 Å². The monoisotopic (exact) mass is 361 g/mol. The first-order chi connectivity index (χ1) is 12.5. The van der Waals surface area contributed by atoms with Crippen molar-refractivity contribution >= 4 is 11.9 Å². The van der Waals surface area contributed by atoms with Gasteiger partial charge < -0.3 is 15.2 Å². The number of carbonyl (C=O) groups excluding carboxylic acids is 2. The van der Waals surface area contributed by atoms with Crippen LogP contribution < -0.4 is 5.32 Å². The fraction of sp³-hybridized carbons (Fsp3) is 0.810. The van der Waals surface area contributed by atoms with E-state index >= 15 is 0 Å². The van der Waals surface area contributed by atoms with Gasteiger partial charge in [0.1, 0.15) is 0 Å². The second-order valence-electron chi connectivity index (χ2n) is 9.25. The number of aliphatic hydroxyl groups is 1. The van der Waals surface area contributed by atoms with Crippen molar-refractivity contribution in [1.82, 2.24) is 5.32 Å². The predicted octanol–water partition coefficient (Wildman–Crippen LogP) is 2.87. The van der Waals surface area contributed by atoms with Crippen LogP contribution in [0.3, 0.4) is 0 Å². The van der Waals surface area contributed by atoms with E-state index in [1.165, 1.54) is 18.4 Å². The molecule has 5 aliphatic carbocycles. The highest BCUT2D eigenvalue weighted by atomic mass is 16.5. The van der Waals surface area contributed by atoms with Crippen molar-refractivity contribution in [3.63, 3.8) is 0 Å². The van der Waals surface area contributed by atoms with E-state index in [-0.39, 0.29) is 18.5 Å². The molecule has 0 radical (unpaired) electrons. The van der Waals surface area contributed by atoms with Crippen LogP contribution in [-0.4, -0.2) is 35.7 Å². The highest BCUT2D eigenvalue weighted by Gasteiger charge is 2.60. The van der Waals surface area contributed by atoms with Crippen molar-refractivity contribution < 1.29 is 19.4 Å². The lowest BCUT2D eigenvalue weighted by molar-refractivity contribution is -0.196. The third kappa shape index (κ3) is 3.68. The largest absolute Gasteiger partial charge is 0.455 e. The number of esters is 1. The summed E-state index contributed by atoms with van der Waals surface area (Å²) in [6.07, 6.45) is 12.9. The molecular weight excluding hydrogens is 330 g/mol. The number of nitrogens with one attached hydrogen (secondary N) is 1. The average molecular weight is 361 g/mol. The molecule has 4 saturated carbocycles. The predicted molar refractivity (Wildman–Crippen MR) is 97.2 cm³/mol. The van der Waals surface area contributed by atoms with Gasteiger partial charge in [-0.15, -0.1) is 0 Å². The standard InChI is InChI=1S/C21H31NO4/c23-18(22-7-6-15-4-2-1-3-5-15)13-26-19(24)20-9-16-8-17(10-20)12-21(25,11-16)14-20/h4,16-17,25H,1-3,5-14H2,(H,22,23)/t16-,17+,20?,21?. The number of hydrogen-bond acceptors (Lipinski definition) is 4. The Bertz CT molecular complexity index is 597. The maximum absolute atomic E-state index is 12.7. The van der Waals surface area contributed by atoms with E-state index < -0.39 is 11.0 Å². The summed E-state index contributed by atoms with van der Waals surface area (Å²) < 4.78 is 5.40. The molecule has 5 rings (SSSR count). The van der Waals surface area contributed by atoms with E-state index in [2.05, 4.69) is 11.4 Å². The molecule has 0 aromatic carbocycles. The lowest BCUT2D eigenvalue weighted by atomic mass is 9.48. The molecular formula is C21H31NO4. The summed E-state index contributed by atoms with van der Waals surface area (Å²) in [7, 11) is 0. The number of ether oxygens (including phenoxy) is 1. The zero-order valence-corrected chi connectivity index (χ0v) is 15.6. The lowest BCUT2D eigenvalue weighted by Crippen LogP contribution is -2.58. The first-order valence-electron chi connectivity index (χ1n) is 10.3. The fourth-order valence-corrected chi connectivity index (χ4v) is 6.28. The molecule has 0 heterocycles. The van der Waals surface area contributed by atoms with Crippen molar-refractivity contribution in [1.29, 1.82) is 0 Å². The zero-order valence-electron chi connectivity index (χ0n) is 15.6. The Morgan fingerprint density at radius 1 is 1.19 bits per heavy atom. The molecule has 0 saturated heterocycles. The Labute approximate surface area is 155 Å². The van der Waals surface area contributed by atoms with Gasteiger partial charge in [0, 0.05) is 6.54 Å². The van der Waals surface area contributed by atoms with Gasteiger partial charge in [-0.25, -0.2) is 0 Å². The highest BCUT2D eigenvalue weighted by molar-refractivity contribution is 5.83. The normalized spacial score (nSPS) is 38.0. The fourth-order valence-electron chi connectivity index (χ4n) is 6.28. The summed E-state index contributed by atoms with van der Waals surface area (Å²) in [5.41, 5.74) is 0.195. The minimum atomic E-state index is -0.681. The quantitative estimate of drug-likeness (QED) is 0.563. The van der Waals surface area contributed by atoms with Gasteiger partial charge in [-0.1, -0.05) is 11.6 Å². The van der Waals surface area contributed by atoms with Crippen LogP contribution in [0.5, 0.6) is 0 Å². The molecule has 0 aromatic heterocycles. The third-order valence-corrected chi connectivity index (χ3v) is 6.95. The van der Waals surface area contributed by atoms with Crippen molar-refractivity contribution in [2.24, 2.45) is 17.3 Å². The van der Waals surface area contributed by atoms with Crippen LogP contribution >= 0.6 is 0 Å². The Hall–Kier alpha value is -1.36. The molecule has 0 aromatic rings. The van der Waals surface area contributed by atoms with E-state index in [0.717, 1.165) is 51.4 Å². The van der Waals surface area contributed by atoms with E-state index in [1.54, 1.807) is 0 Å². The van der Waals surface area contributed by atoms with Crippen LogP contribution in [0.15, 0.2) is 11.6 Å². The maximum atomic E-state index is 12.7. The Morgan fingerprint density at radius 3 is 2.62 bits per heavy atom. The van der Waals surface area contributed by atoms with Crippen molar-refractivity contribution in [2.75, 3.05) is 13.2 Å². The molecule has 5 heteroatoms. The summed E-state index contributed by atoms with van der Waals surface area (Å²) in [6, 6.07) is 0. The second-order valence-corrected chi connectivity index (χ2v) is 9.25. The molecule has 0 spiro atoms. The minimum absolute atomic E-state index is 0.201. The van der Waals surface area contributed by atoms with Gasteiger partial charge in [0.2, 0.25) is 0 Å². The Kier molecular flexibility index (Phi) is 4.84. The van der Waals surface area contributed by atoms with Crippen molar-refractivity contribution in [3.05, 3.63) is 11.6 Å². The summed E-state index contributed by atoms with van der Waals surface area (Å²) in [5, 5.41) is 13.6. The van der Waals surface area contributed by atoms with E-state index in [4.69, 9.17) is 4.74 Å². The van der Waals surface area contributed by atoms with Gasteiger partial charge in [-0.2, -0.15) is 0 Å². The van der Waals surface area contributed by atoms with Gasteiger partial charge in [-0.05, 0) is 82.5 Å². The average Bonchev–Trinajstić information content (AvgIpc) is 2.58. The SMILES string of the molecule is O=C(COC(=O)C12C[C@@H]3C[C@@H](CC(O)(C3)C1)C2)NCCC1=CCCCC1. The van der Waals surface area contributed by atoms with E-state index in [9.17, 15) is 14.7 Å². The zero-order chi connectivity index (χ0) is 18.2. The van der Waals surface area contributed by atoms with Gasteiger partial charge >= 0.3 is 5.97 Å². The summed E-state index contributed by atoms with van der Waals surface area (Å²) in [5.74, 6) is 0.381. The second kappa shape index (κ2) is 6.99.